The van der Waals surface area contributed by atoms with E-state index >= 15 is 0 Å². The third-order valence-corrected chi connectivity index (χ3v) is 4.80. The van der Waals surface area contributed by atoms with Gasteiger partial charge in [0, 0.05) is 18.8 Å². The van der Waals surface area contributed by atoms with Gasteiger partial charge in [-0.25, -0.2) is 13.4 Å². The highest BCUT2D eigenvalue weighted by molar-refractivity contribution is 7.92. The van der Waals surface area contributed by atoms with Crippen LogP contribution in [0, 0.1) is 10.1 Å². The average Bonchev–Trinajstić information content (AvgIpc) is 2.83. The minimum Gasteiger partial charge on any atom is -0.315 e. The second kappa shape index (κ2) is 4.38. The smallest absolute Gasteiger partial charge is 0.306 e. The highest BCUT2D eigenvalue weighted by Gasteiger charge is 2.36. The predicted molar refractivity (Wildman–Crippen MR) is 59.4 cm³/mol. The van der Waals surface area contributed by atoms with E-state index in [0.717, 1.165) is 6.07 Å². The van der Waals surface area contributed by atoms with Gasteiger partial charge in [-0.05, 0) is 19.0 Å². The SMILES string of the molecule is O=[N+]([O-])c1cccnc1S(=O)(=O)C1CCNC1. The van der Waals surface area contributed by atoms with Crippen molar-refractivity contribution < 1.29 is 13.3 Å². The van der Waals surface area contributed by atoms with Gasteiger partial charge in [-0.2, -0.15) is 0 Å². The molecule has 0 spiro atoms. The fourth-order valence-electron chi connectivity index (χ4n) is 1.79. The first-order valence-electron chi connectivity index (χ1n) is 5.07. The minimum atomic E-state index is -3.73. The Labute approximate surface area is 97.9 Å². The third-order valence-electron chi connectivity index (χ3n) is 2.67. The van der Waals surface area contributed by atoms with E-state index in [-0.39, 0.29) is 0 Å². The average molecular weight is 257 g/mol. The summed E-state index contributed by atoms with van der Waals surface area (Å²) in [5, 5.41) is 12.6. The van der Waals surface area contributed by atoms with E-state index in [0.29, 0.717) is 19.5 Å². The highest BCUT2D eigenvalue weighted by Crippen LogP contribution is 2.26. The third kappa shape index (κ3) is 2.13. The largest absolute Gasteiger partial charge is 0.315 e. The van der Waals surface area contributed by atoms with Crippen LogP contribution < -0.4 is 5.32 Å². The Kier molecular flexibility index (Phi) is 3.07. The molecule has 0 amide bonds. The molecule has 1 aromatic heterocycles. The molecule has 1 aliphatic rings. The van der Waals surface area contributed by atoms with Crippen molar-refractivity contribution in [3.63, 3.8) is 0 Å². The summed E-state index contributed by atoms with van der Waals surface area (Å²) in [6.45, 7) is 0.917. The lowest BCUT2D eigenvalue weighted by Gasteiger charge is -2.09. The summed E-state index contributed by atoms with van der Waals surface area (Å²) in [7, 11) is -3.73. The van der Waals surface area contributed by atoms with Crippen LogP contribution in [0.5, 0.6) is 0 Å². The van der Waals surface area contributed by atoms with Crippen LogP contribution in [0.25, 0.3) is 0 Å². The van der Waals surface area contributed by atoms with E-state index < -0.39 is 30.7 Å². The van der Waals surface area contributed by atoms with Crippen molar-refractivity contribution in [2.45, 2.75) is 16.7 Å². The van der Waals surface area contributed by atoms with E-state index in [2.05, 4.69) is 10.3 Å². The van der Waals surface area contributed by atoms with Crippen molar-refractivity contribution in [2.75, 3.05) is 13.1 Å². The summed E-state index contributed by atoms with van der Waals surface area (Å²) in [6.07, 6.45) is 1.71. The molecule has 0 aliphatic carbocycles. The minimum absolute atomic E-state index is 0.316. The second-order valence-corrected chi connectivity index (χ2v) is 5.89. The van der Waals surface area contributed by atoms with E-state index in [1.165, 1.54) is 12.3 Å². The Morgan fingerprint density at radius 2 is 2.29 bits per heavy atom. The fraction of sp³-hybridized carbons (Fsp3) is 0.444. The van der Waals surface area contributed by atoms with Crippen LogP contribution >= 0.6 is 0 Å². The highest BCUT2D eigenvalue weighted by atomic mass is 32.2. The molecule has 2 heterocycles. The van der Waals surface area contributed by atoms with Gasteiger partial charge in [0.05, 0.1) is 10.2 Å². The number of pyridine rings is 1. The summed E-state index contributed by atoms with van der Waals surface area (Å²) in [6, 6.07) is 2.51. The molecule has 17 heavy (non-hydrogen) atoms. The van der Waals surface area contributed by atoms with Gasteiger partial charge in [0.25, 0.3) is 0 Å². The molecule has 0 bridgehead atoms. The first kappa shape index (κ1) is 11.9. The zero-order chi connectivity index (χ0) is 12.5. The second-order valence-electron chi connectivity index (χ2n) is 3.74. The van der Waals surface area contributed by atoms with Crippen molar-refractivity contribution in [3.8, 4) is 0 Å². The molecule has 1 N–H and O–H groups in total. The number of nitrogens with one attached hydrogen (secondary N) is 1. The number of nitrogens with zero attached hydrogens (tertiary/aromatic N) is 2. The molecule has 1 aromatic rings. The van der Waals surface area contributed by atoms with Crippen molar-refractivity contribution >= 4 is 15.5 Å². The van der Waals surface area contributed by atoms with Crippen LogP contribution in [-0.4, -0.2) is 36.7 Å². The Hall–Kier alpha value is -1.54. The molecule has 1 aliphatic heterocycles. The van der Waals surface area contributed by atoms with Gasteiger partial charge < -0.3 is 5.32 Å². The summed E-state index contributed by atoms with van der Waals surface area (Å²) in [5.74, 6) is 0. The van der Waals surface area contributed by atoms with Crippen molar-refractivity contribution in [2.24, 2.45) is 0 Å². The van der Waals surface area contributed by atoms with Crippen LogP contribution in [0.3, 0.4) is 0 Å². The predicted octanol–water partition coefficient (Wildman–Crippen LogP) is 0.125. The van der Waals surface area contributed by atoms with Crippen LogP contribution in [-0.2, 0) is 9.84 Å². The van der Waals surface area contributed by atoms with Gasteiger partial charge in [-0.1, -0.05) is 0 Å². The first-order valence-corrected chi connectivity index (χ1v) is 6.62. The summed E-state index contributed by atoms with van der Waals surface area (Å²) in [4.78, 5) is 13.7. The van der Waals surface area contributed by atoms with Crippen LogP contribution in [0.15, 0.2) is 23.4 Å². The molecule has 7 nitrogen and oxygen atoms in total. The molecule has 1 atom stereocenters. The summed E-state index contributed by atoms with van der Waals surface area (Å²) < 4.78 is 24.3. The topological polar surface area (TPSA) is 102 Å². The Balaban J connectivity index is 2.49. The normalized spacial score (nSPS) is 20.4. The van der Waals surface area contributed by atoms with Crippen molar-refractivity contribution in [1.29, 1.82) is 0 Å². The molecule has 0 radical (unpaired) electrons. The summed E-state index contributed by atoms with van der Waals surface area (Å²) in [5.41, 5.74) is -0.459. The number of rotatable bonds is 3. The number of aromatic nitrogens is 1. The molecule has 92 valence electrons. The molecule has 1 saturated heterocycles. The number of sulfone groups is 1. The molecule has 8 heteroatoms. The van der Waals surface area contributed by atoms with E-state index in [9.17, 15) is 18.5 Å². The molecular formula is C9H11N3O4S. The van der Waals surface area contributed by atoms with Gasteiger partial charge in [-0.15, -0.1) is 0 Å². The van der Waals surface area contributed by atoms with Gasteiger partial charge in [0.1, 0.15) is 0 Å². The van der Waals surface area contributed by atoms with Crippen molar-refractivity contribution in [3.05, 3.63) is 28.4 Å². The number of nitro groups is 1. The Morgan fingerprint density at radius 1 is 1.53 bits per heavy atom. The summed E-state index contributed by atoms with van der Waals surface area (Å²) >= 11 is 0. The lowest BCUT2D eigenvalue weighted by molar-refractivity contribution is -0.388. The molecule has 0 aromatic carbocycles. The maximum atomic E-state index is 12.2. The molecule has 1 unspecified atom stereocenters. The van der Waals surface area contributed by atoms with Crippen LogP contribution in [0.4, 0.5) is 5.69 Å². The fourth-order valence-corrected chi connectivity index (χ4v) is 3.51. The maximum absolute atomic E-state index is 12.2. The standard InChI is InChI=1S/C9H11N3O4S/c13-12(14)8-2-1-4-11-9(8)17(15,16)7-3-5-10-6-7/h1-2,4,7,10H,3,5-6H2. The molecule has 0 saturated carbocycles. The number of hydrogen-bond acceptors (Lipinski definition) is 6. The van der Waals surface area contributed by atoms with Gasteiger partial charge in [0.2, 0.25) is 14.9 Å². The van der Waals surface area contributed by atoms with E-state index in [1.54, 1.807) is 0 Å². The number of hydrogen-bond donors (Lipinski definition) is 1. The molecular weight excluding hydrogens is 246 g/mol. The van der Waals surface area contributed by atoms with Crippen LogP contribution in [0.1, 0.15) is 6.42 Å². The van der Waals surface area contributed by atoms with Gasteiger partial charge >= 0.3 is 5.69 Å². The Bertz CT molecular complexity index is 537. The van der Waals surface area contributed by atoms with Crippen LogP contribution in [0.2, 0.25) is 0 Å². The monoisotopic (exact) mass is 257 g/mol. The molecule has 2 rings (SSSR count). The zero-order valence-electron chi connectivity index (χ0n) is 8.87. The van der Waals surface area contributed by atoms with E-state index in [4.69, 9.17) is 0 Å². The lowest BCUT2D eigenvalue weighted by atomic mass is 10.4. The van der Waals surface area contributed by atoms with Gasteiger partial charge in [-0.3, -0.25) is 10.1 Å². The first-order chi connectivity index (χ1) is 8.03. The maximum Gasteiger partial charge on any atom is 0.306 e. The van der Waals surface area contributed by atoms with Crippen molar-refractivity contribution in [1.82, 2.24) is 10.3 Å². The lowest BCUT2D eigenvalue weighted by Crippen LogP contribution is -2.25. The van der Waals surface area contributed by atoms with Gasteiger partial charge in [0.15, 0.2) is 0 Å². The quantitative estimate of drug-likeness (QED) is 0.609. The van der Waals surface area contributed by atoms with E-state index in [1.807, 2.05) is 0 Å². The Morgan fingerprint density at radius 3 is 2.88 bits per heavy atom. The zero-order valence-corrected chi connectivity index (χ0v) is 9.68. The molecule has 1 fully saturated rings.